The molecule has 0 amide bonds. The highest BCUT2D eigenvalue weighted by Gasteiger charge is 2.23. The number of aromatic nitrogens is 2. The van der Waals surface area contributed by atoms with Crippen molar-refractivity contribution in [2.45, 2.75) is 51.0 Å². The summed E-state index contributed by atoms with van der Waals surface area (Å²) in [5, 5.41) is 4.11. The average molecular weight is 265 g/mol. The Kier molecular flexibility index (Phi) is 4.45. The van der Waals surface area contributed by atoms with E-state index < -0.39 is 0 Å². The number of hydrogen-bond acceptors (Lipinski definition) is 5. The summed E-state index contributed by atoms with van der Waals surface area (Å²) < 4.78 is 10.8. The van der Waals surface area contributed by atoms with Gasteiger partial charge in [-0.05, 0) is 32.4 Å². The topological polar surface area (TPSA) is 51.4 Å². The average Bonchev–Trinajstić information content (AvgIpc) is 3.03. The zero-order valence-corrected chi connectivity index (χ0v) is 11.5. The number of hydrogen-bond donors (Lipinski definition) is 0. The van der Waals surface area contributed by atoms with Crippen molar-refractivity contribution >= 4 is 0 Å². The molecule has 3 heterocycles. The van der Waals surface area contributed by atoms with Crippen LogP contribution in [0.2, 0.25) is 0 Å². The maximum absolute atomic E-state index is 5.39. The van der Waals surface area contributed by atoms with E-state index >= 15 is 0 Å². The molecule has 106 valence electrons. The molecule has 0 bridgehead atoms. The van der Waals surface area contributed by atoms with Gasteiger partial charge < -0.3 is 9.26 Å². The van der Waals surface area contributed by atoms with E-state index in [0.717, 1.165) is 51.0 Å². The summed E-state index contributed by atoms with van der Waals surface area (Å²) >= 11 is 0. The molecule has 3 rings (SSSR count). The summed E-state index contributed by atoms with van der Waals surface area (Å²) in [5.41, 5.74) is 0. The van der Waals surface area contributed by atoms with Crippen LogP contribution in [0.5, 0.6) is 0 Å². The molecular weight excluding hydrogens is 242 g/mol. The minimum Gasteiger partial charge on any atom is -0.381 e. The summed E-state index contributed by atoms with van der Waals surface area (Å²) in [6.45, 7) is 4.68. The van der Waals surface area contributed by atoms with Gasteiger partial charge in [-0.25, -0.2) is 0 Å². The predicted molar refractivity (Wildman–Crippen MR) is 70.8 cm³/mol. The van der Waals surface area contributed by atoms with Crippen molar-refractivity contribution < 1.29 is 9.26 Å². The van der Waals surface area contributed by atoms with Crippen molar-refractivity contribution in [2.75, 3.05) is 26.3 Å². The summed E-state index contributed by atoms with van der Waals surface area (Å²) in [6.07, 6.45) is 7.69. The van der Waals surface area contributed by atoms with Gasteiger partial charge in [0.25, 0.3) is 0 Å². The fourth-order valence-corrected chi connectivity index (χ4v) is 2.90. The second-order valence-corrected chi connectivity index (χ2v) is 5.65. The largest absolute Gasteiger partial charge is 0.381 e. The van der Waals surface area contributed by atoms with Gasteiger partial charge in [0.2, 0.25) is 5.89 Å². The second kappa shape index (κ2) is 6.48. The number of likely N-dealkylation sites (tertiary alicyclic amines) is 1. The van der Waals surface area contributed by atoms with Crippen molar-refractivity contribution in [3.63, 3.8) is 0 Å². The van der Waals surface area contributed by atoms with Crippen LogP contribution in [0.1, 0.15) is 56.2 Å². The third-order valence-electron chi connectivity index (χ3n) is 4.09. The molecule has 2 aliphatic heterocycles. The monoisotopic (exact) mass is 265 g/mol. The number of ether oxygens (including phenoxy) is 1. The minimum atomic E-state index is 0.338. The molecule has 0 radical (unpaired) electrons. The van der Waals surface area contributed by atoms with Crippen molar-refractivity contribution in [3.05, 3.63) is 11.7 Å². The first-order valence-electron chi connectivity index (χ1n) is 7.54. The molecule has 1 aromatic heterocycles. The third kappa shape index (κ3) is 3.54. The zero-order valence-electron chi connectivity index (χ0n) is 11.5. The first-order chi connectivity index (χ1) is 9.42. The summed E-state index contributed by atoms with van der Waals surface area (Å²) in [5.74, 6) is 1.94. The van der Waals surface area contributed by atoms with Crippen LogP contribution in [0.15, 0.2) is 4.52 Å². The van der Waals surface area contributed by atoms with Crippen molar-refractivity contribution in [1.29, 1.82) is 0 Å². The fraction of sp³-hybridized carbons (Fsp3) is 0.857. The molecule has 2 fully saturated rings. The van der Waals surface area contributed by atoms with E-state index in [4.69, 9.17) is 9.26 Å². The van der Waals surface area contributed by atoms with Gasteiger partial charge in [0, 0.05) is 12.5 Å². The Balaban J connectivity index is 1.56. The van der Waals surface area contributed by atoms with Gasteiger partial charge in [-0.2, -0.15) is 4.98 Å². The molecule has 5 nitrogen and oxygen atoms in total. The van der Waals surface area contributed by atoms with E-state index in [1.54, 1.807) is 0 Å². The smallest absolute Gasteiger partial charge is 0.240 e. The summed E-state index contributed by atoms with van der Waals surface area (Å²) in [6, 6.07) is 0. The molecule has 2 aliphatic rings. The Morgan fingerprint density at radius 2 is 1.89 bits per heavy atom. The van der Waals surface area contributed by atoms with E-state index in [2.05, 4.69) is 15.0 Å². The van der Waals surface area contributed by atoms with E-state index in [1.165, 1.54) is 32.1 Å². The molecule has 0 saturated carbocycles. The minimum absolute atomic E-state index is 0.338. The van der Waals surface area contributed by atoms with Crippen LogP contribution in [0.3, 0.4) is 0 Å². The van der Waals surface area contributed by atoms with Crippen molar-refractivity contribution in [3.8, 4) is 0 Å². The van der Waals surface area contributed by atoms with Gasteiger partial charge >= 0.3 is 0 Å². The lowest BCUT2D eigenvalue weighted by Crippen LogP contribution is -2.27. The quantitative estimate of drug-likeness (QED) is 0.839. The molecule has 2 saturated heterocycles. The Labute approximate surface area is 114 Å². The molecular formula is C14H23N3O2. The van der Waals surface area contributed by atoms with Crippen LogP contribution in [0, 0.1) is 0 Å². The van der Waals surface area contributed by atoms with E-state index in [0.29, 0.717) is 5.92 Å². The van der Waals surface area contributed by atoms with Gasteiger partial charge in [-0.3, -0.25) is 4.90 Å². The van der Waals surface area contributed by atoms with Gasteiger partial charge in [-0.15, -0.1) is 0 Å². The van der Waals surface area contributed by atoms with Crippen molar-refractivity contribution in [2.24, 2.45) is 0 Å². The molecule has 1 atom stereocenters. The standard InChI is InChI=1S/C14H23N3O2/c1-2-4-7-17(8-5-3-1)10-13-15-14(16-19-13)12-6-9-18-11-12/h12H,1-11H2. The summed E-state index contributed by atoms with van der Waals surface area (Å²) in [7, 11) is 0. The highest BCUT2D eigenvalue weighted by Crippen LogP contribution is 2.22. The van der Waals surface area contributed by atoms with Crippen LogP contribution in [0.25, 0.3) is 0 Å². The SMILES string of the molecule is C1CCCN(Cc2nc(C3CCOC3)no2)CCC1. The van der Waals surface area contributed by atoms with Crippen molar-refractivity contribution in [1.82, 2.24) is 15.0 Å². The third-order valence-corrected chi connectivity index (χ3v) is 4.09. The first kappa shape index (κ1) is 13.1. The molecule has 0 aliphatic carbocycles. The van der Waals surface area contributed by atoms with Gasteiger partial charge in [0.05, 0.1) is 13.2 Å². The van der Waals surface area contributed by atoms with Crippen LogP contribution in [-0.2, 0) is 11.3 Å². The Morgan fingerprint density at radius 1 is 1.11 bits per heavy atom. The first-order valence-corrected chi connectivity index (χ1v) is 7.54. The molecule has 0 aromatic carbocycles. The van der Waals surface area contributed by atoms with Gasteiger partial charge in [0.1, 0.15) is 0 Å². The van der Waals surface area contributed by atoms with E-state index in [1.807, 2.05) is 0 Å². The molecule has 0 spiro atoms. The lowest BCUT2D eigenvalue weighted by atomic mass is 10.1. The molecule has 0 N–H and O–H groups in total. The van der Waals surface area contributed by atoms with E-state index in [9.17, 15) is 0 Å². The molecule has 1 unspecified atom stereocenters. The van der Waals surface area contributed by atoms with E-state index in [-0.39, 0.29) is 0 Å². The summed E-state index contributed by atoms with van der Waals surface area (Å²) in [4.78, 5) is 6.99. The molecule has 5 heteroatoms. The number of rotatable bonds is 3. The maximum Gasteiger partial charge on any atom is 0.240 e. The molecule has 19 heavy (non-hydrogen) atoms. The Bertz CT molecular complexity index is 380. The lowest BCUT2D eigenvalue weighted by molar-refractivity contribution is 0.192. The fourth-order valence-electron chi connectivity index (χ4n) is 2.90. The normalized spacial score (nSPS) is 26.2. The predicted octanol–water partition coefficient (Wildman–Crippen LogP) is 2.34. The van der Waals surface area contributed by atoms with Crippen LogP contribution >= 0.6 is 0 Å². The number of nitrogens with zero attached hydrogens (tertiary/aromatic N) is 3. The van der Waals surface area contributed by atoms with Crippen LogP contribution < -0.4 is 0 Å². The highest BCUT2D eigenvalue weighted by molar-refractivity contribution is 4.97. The lowest BCUT2D eigenvalue weighted by Gasteiger charge is -2.22. The second-order valence-electron chi connectivity index (χ2n) is 5.65. The van der Waals surface area contributed by atoms with Crippen LogP contribution in [-0.4, -0.2) is 41.3 Å². The Hall–Kier alpha value is -0.940. The molecule has 1 aromatic rings. The highest BCUT2D eigenvalue weighted by atomic mass is 16.5. The van der Waals surface area contributed by atoms with Gasteiger partial charge in [-0.1, -0.05) is 24.4 Å². The zero-order chi connectivity index (χ0) is 12.9. The van der Waals surface area contributed by atoms with Crippen LogP contribution in [0.4, 0.5) is 0 Å². The Morgan fingerprint density at radius 3 is 2.63 bits per heavy atom. The maximum atomic E-state index is 5.39. The van der Waals surface area contributed by atoms with Gasteiger partial charge in [0.15, 0.2) is 5.82 Å².